The van der Waals surface area contributed by atoms with Crippen LogP contribution in [-0.2, 0) is 4.79 Å². The van der Waals surface area contributed by atoms with E-state index in [0.717, 1.165) is 11.4 Å². The molecule has 0 spiro atoms. The maximum atomic E-state index is 12.5. The number of nitrogens with zero attached hydrogens (tertiary/aromatic N) is 1. The van der Waals surface area contributed by atoms with Crippen molar-refractivity contribution in [2.75, 3.05) is 30.0 Å². The average molecular weight is 395 g/mol. The molecule has 2 heterocycles. The van der Waals surface area contributed by atoms with E-state index in [2.05, 4.69) is 24.5 Å². The van der Waals surface area contributed by atoms with Crippen LogP contribution in [0.3, 0.4) is 0 Å². The minimum absolute atomic E-state index is 0.0340. The van der Waals surface area contributed by atoms with Gasteiger partial charge in [-0.1, -0.05) is 26.0 Å². The Morgan fingerprint density at radius 2 is 1.79 bits per heavy atom. The third-order valence-electron chi connectivity index (χ3n) is 5.13. The predicted molar refractivity (Wildman–Crippen MR) is 111 cm³/mol. The summed E-state index contributed by atoms with van der Waals surface area (Å²) in [6, 6.07) is 12.7. The molecule has 1 atom stereocenters. The highest BCUT2D eigenvalue weighted by atomic mass is 16.6. The van der Waals surface area contributed by atoms with Crippen molar-refractivity contribution in [2.45, 2.75) is 32.2 Å². The molecular weight excluding hydrogens is 370 g/mol. The lowest BCUT2D eigenvalue weighted by Gasteiger charge is -2.22. The summed E-state index contributed by atoms with van der Waals surface area (Å²) in [7, 11) is 0. The molecule has 2 N–H and O–H groups in total. The molecule has 0 aromatic heterocycles. The first kappa shape index (κ1) is 19.1. The molecule has 0 saturated carbocycles. The lowest BCUT2D eigenvalue weighted by Crippen LogP contribution is -2.39. The first-order valence-corrected chi connectivity index (χ1v) is 9.87. The molecule has 1 fully saturated rings. The molecule has 3 amide bonds. The number of carbonyl (C=O) groups excluding carboxylic acids is 2. The summed E-state index contributed by atoms with van der Waals surface area (Å²) in [5.74, 6) is 1.73. The lowest BCUT2D eigenvalue weighted by molar-refractivity contribution is -0.117. The summed E-state index contributed by atoms with van der Waals surface area (Å²) in [5, 5.41) is 5.72. The van der Waals surface area contributed by atoms with Crippen molar-refractivity contribution in [3.63, 3.8) is 0 Å². The molecule has 1 saturated heterocycles. The second-order valence-electron chi connectivity index (χ2n) is 7.61. The zero-order valence-electron chi connectivity index (χ0n) is 16.6. The maximum absolute atomic E-state index is 12.5. The van der Waals surface area contributed by atoms with Crippen LogP contribution in [-0.4, -0.2) is 37.7 Å². The molecule has 2 aromatic rings. The van der Waals surface area contributed by atoms with Crippen LogP contribution in [0.15, 0.2) is 42.5 Å². The number of hydrogen-bond donors (Lipinski definition) is 2. The highest BCUT2D eigenvalue weighted by Gasteiger charge is 2.32. The Balaban J connectivity index is 1.36. The van der Waals surface area contributed by atoms with E-state index in [1.807, 2.05) is 42.5 Å². The van der Waals surface area contributed by atoms with E-state index in [1.54, 1.807) is 4.90 Å². The van der Waals surface area contributed by atoms with Crippen LogP contribution in [0, 0.1) is 0 Å². The van der Waals surface area contributed by atoms with Crippen molar-refractivity contribution < 1.29 is 19.1 Å². The number of nitrogens with one attached hydrogen (secondary N) is 2. The molecule has 2 aliphatic rings. The molecule has 7 heteroatoms. The predicted octanol–water partition coefficient (Wildman–Crippen LogP) is 3.51. The fraction of sp³-hybridized carbons (Fsp3) is 0.364. The SMILES string of the molecule is CC(C)c1ccc(NC(=O)N[C@H]2CC(=O)N(c3ccc4c(c3)OCCO4)C2)cc1. The highest BCUT2D eigenvalue weighted by Crippen LogP contribution is 2.35. The van der Waals surface area contributed by atoms with Gasteiger partial charge in [0, 0.05) is 30.4 Å². The Morgan fingerprint density at radius 3 is 2.52 bits per heavy atom. The summed E-state index contributed by atoms with van der Waals surface area (Å²) in [4.78, 5) is 26.5. The van der Waals surface area contributed by atoms with Gasteiger partial charge in [-0.15, -0.1) is 0 Å². The zero-order chi connectivity index (χ0) is 20.4. The molecule has 0 bridgehead atoms. The van der Waals surface area contributed by atoms with Gasteiger partial charge in [0.25, 0.3) is 0 Å². The topological polar surface area (TPSA) is 79.9 Å². The molecule has 0 radical (unpaired) electrons. The van der Waals surface area contributed by atoms with Crippen LogP contribution in [0.25, 0.3) is 0 Å². The van der Waals surface area contributed by atoms with Crippen molar-refractivity contribution in [1.29, 1.82) is 0 Å². The Morgan fingerprint density at radius 1 is 1.07 bits per heavy atom. The van der Waals surface area contributed by atoms with Gasteiger partial charge in [0.05, 0.1) is 6.04 Å². The van der Waals surface area contributed by atoms with Crippen LogP contribution in [0.4, 0.5) is 16.2 Å². The van der Waals surface area contributed by atoms with Crippen LogP contribution < -0.4 is 25.0 Å². The van der Waals surface area contributed by atoms with E-state index in [-0.39, 0.29) is 24.4 Å². The summed E-state index contributed by atoms with van der Waals surface area (Å²) < 4.78 is 11.1. The second kappa shape index (κ2) is 8.03. The minimum atomic E-state index is -0.316. The largest absolute Gasteiger partial charge is 0.486 e. The average Bonchev–Trinajstić information content (AvgIpc) is 3.07. The van der Waals surface area contributed by atoms with Gasteiger partial charge in [-0.05, 0) is 35.7 Å². The number of anilines is 2. The van der Waals surface area contributed by atoms with Crippen LogP contribution in [0.1, 0.15) is 31.7 Å². The molecule has 0 aliphatic carbocycles. The third-order valence-corrected chi connectivity index (χ3v) is 5.13. The van der Waals surface area contributed by atoms with E-state index >= 15 is 0 Å². The van der Waals surface area contributed by atoms with E-state index < -0.39 is 0 Å². The van der Waals surface area contributed by atoms with Crippen molar-refractivity contribution in [2.24, 2.45) is 0 Å². The van der Waals surface area contributed by atoms with E-state index in [1.165, 1.54) is 5.56 Å². The first-order chi connectivity index (χ1) is 14.0. The molecule has 4 rings (SSSR count). The number of fused-ring (bicyclic) bond motifs is 1. The van der Waals surface area contributed by atoms with Gasteiger partial charge in [0.15, 0.2) is 11.5 Å². The summed E-state index contributed by atoms with van der Waals surface area (Å²) in [5.41, 5.74) is 2.68. The Bertz CT molecular complexity index is 911. The number of ether oxygens (including phenoxy) is 2. The van der Waals surface area contributed by atoms with Gasteiger partial charge >= 0.3 is 6.03 Å². The molecule has 152 valence electrons. The van der Waals surface area contributed by atoms with Crippen molar-refractivity contribution >= 4 is 23.3 Å². The Labute approximate surface area is 170 Å². The van der Waals surface area contributed by atoms with Crippen LogP contribution >= 0.6 is 0 Å². The van der Waals surface area contributed by atoms with Crippen molar-refractivity contribution in [3.05, 3.63) is 48.0 Å². The second-order valence-corrected chi connectivity index (χ2v) is 7.61. The highest BCUT2D eigenvalue weighted by molar-refractivity contribution is 5.98. The van der Waals surface area contributed by atoms with Gasteiger partial charge in [-0.2, -0.15) is 0 Å². The fourth-order valence-electron chi connectivity index (χ4n) is 3.56. The Hall–Kier alpha value is -3.22. The summed E-state index contributed by atoms with van der Waals surface area (Å²) in [6.07, 6.45) is 0.258. The summed E-state index contributed by atoms with van der Waals surface area (Å²) in [6.45, 7) is 5.68. The van der Waals surface area contributed by atoms with Gasteiger partial charge in [-0.25, -0.2) is 4.79 Å². The van der Waals surface area contributed by atoms with Crippen LogP contribution in [0.5, 0.6) is 11.5 Å². The quantitative estimate of drug-likeness (QED) is 0.830. The minimum Gasteiger partial charge on any atom is -0.486 e. The number of benzene rings is 2. The van der Waals surface area contributed by atoms with Crippen molar-refractivity contribution in [1.82, 2.24) is 5.32 Å². The molecule has 29 heavy (non-hydrogen) atoms. The molecular formula is C22H25N3O4. The first-order valence-electron chi connectivity index (χ1n) is 9.87. The molecule has 7 nitrogen and oxygen atoms in total. The number of amides is 3. The van der Waals surface area contributed by atoms with Gasteiger partial charge in [0.2, 0.25) is 5.91 Å². The smallest absolute Gasteiger partial charge is 0.319 e. The van der Waals surface area contributed by atoms with Crippen LogP contribution in [0.2, 0.25) is 0 Å². The molecule has 0 unspecified atom stereocenters. The normalized spacial score (nSPS) is 18.1. The van der Waals surface area contributed by atoms with E-state index in [9.17, 15) is 9.59 Å². The van der Waals surface area contributed by atoms with Gasteiger partial charge in [-0.3, -0.25) is 4.79 Å². The van der Waals surface area contributed by atoms with E-state index in [0.29, 0.717) is 37.2 Å². The summed E-state index contributed by atoms with van der Waals surface area (Å²) >= 11 is 0. The lowest BCUT2D eigenvalue weighted by atomic mass is 10.0. The number of rotatable bonds is 4. The Kier molecular flexibility index (Phi) is 5.29. The molecule has 2 aliphatic heterocycles. The zero-order valence-corrected chi connectivity index (χ0v) is 16.6. The number of urea groups is 1. The third kappa shape index (κ3) is 4.29. The number of carbonyl (C=O) groups is 2. The monoisotopic (exact) mass is 395 g/mol. The maximum Gasteiger partial charge on any atom is 0.319 e. The van der Waals surface area contributed by atoms with E-state index in [4.69, 9.17) is 9.47 Å². The number of hydrogen-bond acceptors (Lipinski definition) is 4. The fourth-order valence-corrected chi connectivity index (χ4v) is 3.56. The standard InChI is InChI=1S/C22H25N3O4/c1-14(2)15-3-5-16(6-4-15)23-22(27)24-17-11-21(26)25(13-17)18-7-8-19-20(12-18)29-10-9-28-19/h3-8,12,14,17H,9-11,13H2,1-2H3,(H2,23,24,27)/t17-/m0/s1. The van der Waals surface area contributed by atoms with Gasteiger partial charge < -0.3 is 25.0 Å². The van der Waals surface area contributed by atoms with Crippen molar-refractivity contribution in [3.8, 4) is 11.5 Å². The van der Waals surface area contributed by atoms with Gasteiger partial charge in [0.1, 0.15) is 13.2 Å². The molecule has 2 aromatic carbocycles.